The van der Waals surface area contributed by atoms with E-state index < -0.39 is 0 Å². The molecule has 0 bridgehead atoms. The van der Waals surface area contributed by atoms with Crippen LogP contribution in [-0.4, -0.2) is 72.5 Å². The number of thiazole rings is 1. The molecule has 0 radical (unpaired) electrons. The fourth-order valence-corrected chi connectivity index (χ4v) is 5.62. The second kappa shape index (κ2) is 8.56. The van der Waals surface area contributed by atoms with Crippen LogP contribution in [0.15, 0.2) is 35.6 Å². The number of aromatic nitrogens is 6. The van der Waals surface area contributed by atoms with E-state index in [1.54, 1.807) is 27.7 Å². The molecule has 180 valence electrons. The second-order valence-corrected chi connectivity index (χ2v) is 9.73. The Morgan fingerprint density at radius 2 is 2.20 bits per heavy atom. The Balaban J connectivity index is 1.30. The number of carbonyl (C=O) groups is 1. The molecule has 6 rings (SSSR count). The summed E-state index contributed by atoms with van der Waals surface area (Å²) in [5.74, 6) is -0.125. The molecule has 2 N–H and O–H groups in total. The van der Waals surface area contributed by atoms with Crippen LogP contribution in [0.3, 0.4) is 0 Å². The topological polar surface area (TPSA) is 122 Å². The fourth-order valence-electron chi connectivity index (χ4n) is 4.56. The first kappa shape index (κ1) is 21.9. The monoisotopic (exact) mass is 492 g/mol. The lowest BCUT2D eigenvalue weighted by Crippen LogP contribution is -2.48. The molecule has 5 aromatic rings. The van der Waals surface area contributed by atoms with E-state index in [4.69, 9.17) is 4.74 Å². The van der Waals surface area contributed by atoms with Crippen LogP contribution in [0.2, 0.25) is 0 Å². The molecule has 6 heterocycles. The summed E-state index contributed by atoms with van der Waals surface area (Å²) >= 11 is 1.48. The molecule has 0 aliphatic carbocycles. The SMILES string of the molecule is CC[C@H]1COCCN1CC(=O)Nc1cnc2c(c1)[nH]c(=O)c1c2nn2cc(-c3cnn(C)c3)sc12. The maximum absolute atomic E-state index is 13.0. The molecule has 1 fully saturated rings. The van der Waals surface area contributed by atoms with E-state index in [9.17, 15) is 9.59 Å². The van der Waals surface area contributed by atoms with Crippen molar-refractivity contribution in [2.75, 3.05) is 31.6 Å². The first-order valence-corrected chi connectivity index (χ1v) is 12.3. The Labute approximate surface area is 203 Å². The van der Waals surface area contributed by atoms with Gasteiger partial charge in [0.15, 0.2) is 0 Å². The summed E-state index contributed by atoms with van der Waals surface area (Å²) in [5, 5.41) is 12.3. The fraction of sp³-hybridized carbons (Fsp3) is 0.348. The second-order valence-electron chi connectivity index (χ2n) is 8.70. The van der Waals surface area contributed by atoms with Crippen LogP contribution >= 0.6 is 11.3 Å². The number of aromatic amines is 1. The number of hydrogen-bond acceptors (Lipinski definition) is 8. The van der Waals surface area contributed by atoms with Crippen LogP contribution in [0.1, 0.15) is 13.3 Å². The van der Waals surface area contributed by atoms with Crippen LogP contribution < -0.4 is 10.9 Å². The maximum Gasteiger partial charge on any atom is 0.261 e. The minimum Gasteiger partial charge on any atom is -0.378 e. The Hall–Kier alpha value is -3.61. The molecular formula is C23H24N8O3S. The van der Waals surface area contributed by atoms with Gasteiger partial charge in [-0.3, -0.25) is 24.2 Å². The zero-order chi connectivity index (χ0) is 24.1. The number of fused-ring (bicyclic) bond motifs is 5. The number of rotatable bonds is 5. The third-order valence-corrected chi connectivity index (χ3v) is 7.49. The molecule has 0 aromatic carbocycles. The van der Waals surface area contributed by atoms with Crippen LogP contribution in [-0.2, 0) is 16.6 Å². The van der Waals surface area contributed by atoms with Gasteiger partial charge in [-0.1, -0.05) is 6.92 Å². The Kier molecular flexibility index (Phi) is 5.35. The molecule has 1 saturated heterocycles. The molecule has 1 atom stereocenters. The highest BCUT2D eigenvalue weighted by Crippen LogP contribution is 2.33. The van der Waals surface area contributed by atoms with Gasteiger partial charge in [-0.15, -0.1) is 11.3 Å². The number of anilines is 1. The molecule has 5 aromatic heterocycles. The minimum absolute atomic E-state index is 0.125. The first-order chi connectivity index (χ1) is 17.0. The van der Waals surface area contributed by atoms with Gasteiger partial charge in [0, 0.05) is 37.6 Å². The molecule has 1 aliphatic rings. The van der Waals surface area contributed by atoms with Crippen molar-refractivity contribution < 1.29 is 9.53 Å². The van der Waals surface area contributed by atoms with Crippen molar-refractivity contribution in [1.29, 1.82) is 0 Å². The van der Waals surface area contributed by atoms with Gasteiger partial charge in [0.05, 0.1) is 48.2 Å². The number of hydrogen-bond donors (Lipinski definition) is 2. The van der Waals surface area contributed by atoms with Gasteiger partial charge in [0.2, 0.25) is 5.91 Å². The normalized spacial score (nSPS) is 17.0. The number of ether oxygens (including phenoxy) is 1. The largest absolute Gasteiger partial charge is 0.378 e. The summed E-state index contributed by atoms with van der Waals surface area (Å²) in [7, 11) is 1.86. The van der Waals surface area contributed by atoms with Gasteiger partial charge in [-0.25, -0.2) is 4.52 Å². The first-order valence-electron chi connectivity index (χ1n) is 11.4. The van der Waals surface area contributed by atoms with E-state index >= 15 is 0 Å². The average molecular weight is 493 g/mol. The van der Waals surface area contributed by atoms with Crippen molar-refractivity contribution in [3.05, 3.63) is 41.2 Å². The summed E-state index contributed by atoms with van der Waals surface area (Å²) < 4.78 is 8.97. The summed E-state index contributed by atoms with van der Waals surface area (Å²) in [6.07, 6.45) is 8.13. The van der Waals surface area contributed by atoms with Gasteiger partial charge in [0.25, 0.3) is 5.56 Å². The zero-order valence-electron chi connectivity index (χ0n) is 19.3. The van der Waals surface area contributed by atoms with E-state index in [1.807, 2.05) is 19.4 Å². The molecule has 0 unspecified atom stereocenters. The molecule has 11 nitrogen and oxygen atoms in total. The number of nitrogens with one attached hydrogen (secondary N) is 2. The number of carbonyl (C=O) groups excluding carboxylic acids is 1. The Bertz CT molecular complexity index is 1630. The molecule has 12 heteroatoms. The predicted octanol–water partition coefficient (Wildman–Crippen LogP) is 2.24. The molecule has 0 saturated carbocycles. The van der Waals surface area contributed by atoms with Crippen LogP contribution in [0.25, 0.3) is 37.2 Å². The smallest absolute Gasteiger partial charge is 0.261 e. The van der Waals surface area contributed by atoms with Crippen LogP contribution in [0.4, 0.5) is 5.69 Å². The standard InChI is InChI=1S/C23H24N8O3S/c1-3-15-12-34-5-4-30(15)11-18(32)26-14-6-16-20(24-8-14)21-19(22(33)27-16)23-31(28-21)10-17(35-23)13-7-25-29(2)9-13/h6-10,15H,3-5,11-12H2,1-2H3,(H,26,32)(H,27,33)/t15-/m0/s1. The van der Waals surface area contributed by atoms with E-state index in [0.29, 0.717) is 40.8 Å². The molecular weight excluding hydrogens is 468 g/mol. The average Bonchev–Trinajstić information content (AvgIpc) is 3.53. The van der Waals surface area contributed by atoms with E-state index in [-0.39, 0.29) is 24.1 Å². The number of amides is 1. The third kappa shape index (κ3) is 3.89. The highest BCUT2D eigenvalue weighted by molar-refractivity contribution is 7.21. The van der Waals surface area contributed by atoms with E-state index in [0.717, 1.165) is 28.2 Å². The lowest BCUT2D eigenvalue weighted by Gasteiger charge is -2.34. The van der Waals surface area contributed by atoms with Gasteiger partial charge in [-0.05, 0) is 12.5 Å². The number of aryl methyl sites for hydroxylation is 1. The van der Waals surface area contributed by atoms with Crippen LogP contribution in [0, 0.1) is 0 Å². The highest BCUT2D eigenvalue weighted by atomic mass is 32.1. The summed E-state index contributed by atoms with van der Waals surface area (Å²) in [4.78, 5) is 37.0. The summed E-state index contributed by atoms with van der Waals surface area (Å²) in [6.45, 7) is 4.38. The van der Waals surface area contributed by atoms with Crippen molar-refractivity contribution in [2.24, 2.45) is 7.05 Å². The molecule has 1 aliphatic heterocycles. The van der Waals surface area contributed by atoms with Gasteiger partial charge < -0.3 is 15.0 Å². The van der Waals surface area contributed by atoms with Gasteiger partial charge >= 0.3 is 0 Å². The van der Waals surface area contributed by atoms with Crippen LogP contribution in [0.5, 0.6) is 0 Å². The lowest BCUT2D eigenvalue weighted by atomic mass is 10.2. The summed E-state index contributed by atoms with van der Waals surface area (Å²) in [5.41, 5.74) is 2.89. The number of morpholine rings is 1. The molecule has 35 heavy (non-hydrogen) atoms. The van der Waals surface area contributed by atoms with Crippen molar-refractivity contribution in [2.45, 2.75) is 19.4 Å². The number of pyridine rings is 2. The van der Waals surface area contributed by atoms with Gasteiger partial charge in [0.1, 0.15) is 21.3 Å². The minimum atomic E-state index is -0.244. The predicted molar refractivity (Wildman–Crippen MR) is 134 cm³/mol. The van der Waals surface area contributed by atoms with Crippen molar-refractivity contribution >= 4 is 49.7 Å². The number of nitrogens with zero attached hydrogens (tertiary/aromatic N) is 6. The maximum atomic E-state index is 13.0. The summed E-state index contributed by atoms with van der Waals surface area (Å²) in [6, 6.07) is 1.97. The Morgan fingerprint density at radius 1 is 1.31 bits per heavy atom. The Morgan fingerprint density at radius 3 is 3.00 bits per heavy atom. The molecule has 0 spiro atoms. The van der Waals surface area contributed by atoms with Gasteiger partial charge in [-0.2, -0.15) is 10.2 Å². The van der Waals surface area contributed by atoms with E-state index in [2.05, 4.69) is 37.3 Å². The lowest BCUT2D eigenvalue weighted by molar-refractivity contribution is -0.119. The third-order valence-electron chi connectivity index (χ3n) is 6.34. The molecule has 1 amide bonds. The zero-order valence-corrected chi connectivity index (χ0v) is 20.1. The number of H-pyrrole nitrogens is 1. The van der Waals surface area contributed by atoms with Crippen molar-refractivity contribution in [1.82, 2.24) is 34.3 Å². The highest BCUT2D eigenvalue weighted by Gasteiger charge is 2.24. The quantitative estimate of drug-likeness (QED) is 0.386. The van der Waals surface area contributed by atoms with E-state index in [1.165, 1.54) is 11.3 Å². The van der Waals surface area contributed by atoms with Crippen molar-refractivity contribution in [3.63, 3.8) is 0 Å². The van der Waals surface area contributed by atoms with Crippen molar-refractivity contribution in [3.8, 4) is 10.4 Å².